The van der Waals surface area contributed by atoms with E-state index in [2.05, 4.69) is 32.5 Å². The van der Waals surface area contributed by atoms with E-state index in [4.69, 9.17) is 10.1 Å². The maximum atomic E-state index is 5.06. The van der Waals surface area contributed by atoms with Crippen LogP contribution in [0, 0.1) is 5.92 Å². The van der Waals surface area contributed by atoms with E-state index in [1.165, 1.54) is 38.5 Å². The van der Waals surface area contributed by atoms with Crippen molar-refractivity contribution in [2.45, 2.75) is 56.7 Å². The van der Waals surface area contributed by atoms with E-state index in [0.717, 1.165) is 30.3 Å². The number of likely N-dealkylation sites (tertiary alicyclic amines) is 1. The molecule has 1 saturated carbocycles. The van der Waals surface area contributed by atoms with Crippen LogP contribution >= 0.6 is 0 Å². The highest BCUT2D eigenvalue weighted by atomic mass is 15.5. The Hall–Kier alpha value is -1.83. The van der Waals surface area contributed by atoms with Gasteiger partial charge in [-0.05, 0) is 45.0 Å². The highest BCUT2D eigenvalue weighted by molar-refractivity contribution is 5.53. The maximum absolute atomic E-state index is 5.06. The zero-order valence-electron chi connectivity index (χ0n) is 16.0. The zero-order valence-corrected chi connectivity index (χ0v) is 16.0. The molecule has 7 nitrogen and oxygen atoms in total. The second-order valence-electron chi connectivity index (χ2n) is 8.35. The molecule has 144 valence electrons. The summed E-state index contributed by atoms with van der Waals surface area (Å²) in [4.78, 5) is 11.6. The molecule has 4 heterocycles. The smallest absolute Gasteiger partial charge is 0.181 e. The molecule has 0 radical (unpaired) electrons. The lowest BCUT2D eigenvalue weighted by atomic mass is 9.88. The molecule has 1 aliphatic carbocycles. The molecule has 2 N–H and O–H groups in total. The van der Waals surface area contributed by atoms with E-state index >= 15 is 0 Å². The molecular formula is C20H29N7. The predicted octanol–water partition coefficient (Wildman–Crippen LogP) is 2.31. The molecule has 2 aromatic heterocycles. The van der Waals surface area contributed by atoms with E-state index in [1.54, 1.807) is 0 Å². The Labute approximate surface area is 160 Å². The minimum absolute atomic E-state index is 0.211. The third-order valence-corrected chi connectivity index (χ3v) is 6.51. The molecule has 3 unspecified atom stereocenters. The molecule has 27 heavy (non-hydrogen) atoms. The minimum atomic E-state index is 0.211. The number of pyridine rings is 1. The molecule has 3 atom stereocenters. The van der Waals surface area contributed by atoms with Crippen LogP contribution in [0.1, 0.15) is 56.4 Å². The number of hydrogen-bond donors (Lipinski definition) is 2. The minimum Gasteiger partial charge on any atom is -0.306 e. The summed E-state index contributed by atoms with van der Waals surface area (Å²) in [5.74, 6) is 2.46. The van der Waals surface area contributed by atoms with Gasteiger partial charge >= 0.3 is 0 Å². The summed E-state index contributed by atoms with van der Waals surface area (Å²) in [5, 5.41) is 5.00. The number of fused-ring (bicyclic) bond motifs is 1. The van der Waals surface area contributed by atoms with E-state index in [-0.39, 0.29) is 6.04 Å². The van der Waals surface area contributed by atoms with Gasteiger partial charge in [-0.25, -0.2) is 15.1 Å². The zero-order chi connectivity index (χ0) is 18.2. The molecule has 0 spiro atoms. The largest absolute Gasteiger partial charge is 0.306 e. The van der Waals surface area contributed by atoms with Crippen molar-refractivity contribution in [3.05, 3.63) is 30.4 Å². The Balaban J connectivity index is 1.52. The van der Waals surface area contributed by atoms with Gasteiger partial charge in [-0.15, -0.1) is 0 Å². The van der Waals surface area contributed by atoms with Crippen molar-refractivity contribution < 1.29 is 0 Å². The summed E-state index contributed by atoms with van der Waals surface area (Å²) in [7, 11) is 2.22. The lowest BCUT2D eigenvalue weighted by molar-refractivity contribution is 0.180. The van der Waals surface area contributed by atoms with Crippen LogP contribution in [0.4, 0.5) is 0 Å². The number of rotatable bonds is 3. The van der Waals surface area contributed by atoms with Gasteiger partial charge in [-0.1, -0.05) is 19.3 Å². The molecule has 0 bridgehead atoms. The molecule has 3 aliphatic rings. The Morgan fingerprint density at radius 1 is 1.04 bits per heavy atom. The van der Waals surface area contributed by atoms with Gasteiger partial charge in [-0.3, -0.25) is 10.4 Å². The first-order valence-corrected chi connectivity index (χ1v) is 10.4. The lowest BCUT2D eigenvalue weighted by Crippen LogP contribution is -2.43. The summed E-state index contributed by atoms with van der Waals surface area (Å²) in [6.07, 6.45) is 11.2. The van der Waals surface area contributed by atoms with Crippen molar-refractivity contribution in [2.24, 2.45) is 5.92 Å². The Morgan fingerprint density at radius 2 is 1.85 bits per heavy atom. The van der Waals surface area contributed by atoms with Gasteiger partial charge in [0, 0.05) is 36.5 Å². The molecule has 2 aliphatic heterocycles. The van der Waals surface area contributed by atoms with Crippen LogP contribution in [0.3, 0.4) is 0 Å². The molecule has 7 heteroatoms. The number of hydrazine groups is 1. The van der Waals surface area contributed by atoms with E-state index in [9.17, 15) is 0 Å². The highest BCUT2D eigenvalue weighted by Gasteiger charge is 2.42. The Morgan fingerprint density at radius 3 is 2.67 bits per heavy atom. The summed E-state index contributed by atoms with van der Waals surface area (Å²) in [6, 6.07) is 5.21. The van der Waals surface area contributed by atoms with Crippen molar-refractivity contribution in [2.75, 3.05) is 20.1 Å². The van der Waals surface area contributed by atoms with Crippen molar-refractivity contribution in [3.63, 3.8) is 0 Å². The SMILES string of the molecule is CN1CCC2NNC(c3nc(-c4ccncc4)nn3C3CCCCC3)C2C1. The van der Waals surface area contributed by atoms with Crippen molar-refractivity contribution >= 4 is 0 Å². The quantitative estimate of drug-likeness (QED) is 0.868. The molecule has 0 aromatic carbocycles. The van der Waals surface area contributed by atoms with E-state index in [1.807, 2.05) is 24.5 Å². The van der Waals surface area contributed by atoms with Crippen LogP contribution in [0.2, 0.25) is 0 Å². The standard InChI is InChI=1S/C20H29N7/c1-26-12-9-17-16(13-26)18(24-23-17)20-22-19(14-7-10-21-11-8-14)25-27(20)15-5-3-2-4-6-15/h7-8,10-11,15-18,23-24H,2-6,9,12-13H2,1H3. The van der Waals surface area contributed by atoms with Crippen LogP contribution in [-0.4, -0.2) is 50.8 Å². The molecule has 3 fully saturated rings. The summed E-state index contributed by atoms with van der Waals surface area (Å²) in [6.45, 7) is 2.25. The number of hydrogen-bond acceptors (Lipinski definition) is 6. The van der Waals surface area contributed by atoms with Crippen molar-refractivity contribution in [1.82, 2.24) is 35.5 Å². The Kier molecular flexibility index (Phi) is 4.67. The highest BCUT2D eigenvalue weighted by Crippen LogP contribution is 2.37. The summed E-state index contributed by atoms with van der Waals surface area (Å²) in [5.41, 5.74) is 8.15. The number of nitrogens with one attached hydrogen (secondary N) is 2. The first-order chi connectivity index (χ1) is 13.3. The van der Waals surface area contributed by atoms with Crippen molar-refractivity contribution in [1.29, 1.82) is 0 Å². The number of piperidine rings is 1. The first kappa shape index (κ1) is 17.3. The predicted molar refractivity (Wildman–Crippen MR) is 104 cm³/mol. The summed E-state index contributed by atoms with van der Waals surface area (Å²) < 4.78 is 2.26. The topological polar surface area (TPSA) is 70.9 Å². The third-order valence-electron chi connectivity index (χ3n) is 6.51. The van der Waals surface area contributed by atoms with Crippen LogP contribution < -0.4 is 10.9 Å². The average molecular weight is 368 g/mol. The monoisotopic (exact) mass is 367 g/mol. The van der Waals surface area contributed by atoms with E-state index < -0.39 is 0 Å². The van der Waals surface area contributed by atoms with Gasteiger partial charge in [0.15, 0.2) is 5.82 Å². The van der Waals surface area contributed by atoms with Gasteiger partial charge in [-0.2, -0.15) is 5.10 Å². The van der Waals surface area contributed by atoms with Gasteiger partial charge in [0.2, 0.25) is 0 Å². The second kappa shape index (κ2) is 7.30. The molecule has 2 saturated heterocycles. The fourth-order valence-corrected chi connectivity index (χ4v) is 4.99. The van der Waals surface area contributed by atoms with Crippen LogP contribution in [-0.2, 0) is 0 Å². The molecule has 2 aromatic rings. The fourth-order valence-electron chi connectivity index (χ4n) is 4.99. The first-order valence-electron chi connectivity index (χ1n) is 10.4. The Bertz CT molecular complexity index is 768. The molecular weight excluding hydrogens is 338 g/mol. The number of aromatic nitrogens is 4. The van der Waals surface area contributed by atoms with Gasteiger partial charge < -0.3 is 4.90 Å². The second-order valence-corrected chi connectivity index (χ2v) is 8.35. The average Bonchev–Trinajstić information content (AvgIpc) is 3.33. The van der Waals surface area contributed by atoms with Crippen LogP contribution in [0.25, 0.3) is 11.4 Å². The molecule has 0 amide bonds. The van der Waals surface area contributed by atoms with Crippen LogP contribution in [0.5, 0.6) is 0 Å². The van der Waals surface area contributed by atoms with Gasteiger partial charge in [0.25, 0.3) is 0 Å². The van der Waals surface area contributed by atoms with Crippen LogP contribution in [0.15, 0.2) is 24.5 Å². The van der Waals surface area contributed by atoms with Crippen molar-refractivity contribution in [3.8, 4) is 11.4 Å². The normalized spacial score (nSPS) is 29.7. The van der Waals surface area contributed by atoms with E-state index in [0.29, 0.717) is 18.0 Å². The third kappa shape index (κ3) is 3.28. The van der Waals surface area contributed by atoms with Gasteiger partial charge in [0.05, 0.1) is 12.1 Å². The molecule has 5 rings (SSSR count). The maximum Gasteiger partial charge on any atom is 0.181 e. The fraction of sp³-hybridized carbons (Fsp3) is 0.650. The lowest BCUT2D eigenvalue weighted by Gasteiger charge is -2.34. The van der Waals surface area contributed by atoms with Gasteiger partial charge in [0.1, 0.15) is 5.82 Å². The number of nitrogens with zero attached hydrogens (tertiary/aromatic N) is 5. The summed E-state index contributed by atoms with van der Waals surface area (Å²) >= 11 is 0.